The molecule has 3 N–H and O–H groups in total. The second kappa shape index (κ2) is 9.51. The van der Waals surface area contributed by atoms with Gasteiger partial charge in [0, 0.05) is 10.4 Å². The molecule has 0 aliphatic carbocycles. The summed E-state index contributed by atoms with van der Waals surface area (Å²) in [5.41, 5.74) is 6.04. The van der Waals surface area contributed by atoms with Crippen molar-refractivity contribution in [3.8, 4) is 0 Å². The molecule has 0 saturated carbocycles. The largest absolute Gasteiger partial charge is 0.279 e. The number of hydrogen-bond acceptors (Lipinski definition) is 5. The highest BCUT2D eigenvalue weighted by molar-refractivity contribution is 7.92. The van der Waals surface area contributed by atoms with Crippen molar-refractivity contribution >= 4 is 50.5 Å². The van der Waals surface area contributed by atoms with Gasteiger partial charge in [0.1, 0.15) is 0 Å². The van der Waals surface area contributed by atoms with Crippen LogP contribution in [0.4, 0.5) is 5.69 Å². The third-order valence-electron chi connectivity index (χ3n) is 4.44. The molecule has 0 atom stereocenters. The molecule has 1 aromatic heterocycles. The fraction of sp³-hybridized carbons (Fsp3) is 0.143. The van der Waals surface area contributed by atoms with Gasteiger partial charge in [-0.25, -0.2) is 8.42 Å². The number of carbonyl (C=O) groups excluding carboxylic acids is 2. The van der Waals surface area contributed by atoms with Gasteiger partial charge in [-0.3, -0.25) is 25.2 Å². The van der Waals surface area contributed by atoms with E-state index in [2.05, 4.69) is 15.6 Å². The molecule has 0 aliphatic rings. The zero-order chi connectivity index (χ0) is 22.6. The van der Waals surface area contributed by atoms with Crippen LogP contribution in [0.2, 0.25) is 5.02 Å². The molecule has 2 aromatic carbocycles. The lowest BCUT2D eigenvalue weighted by atomic mass is 10.2. The molecule has 2 amide bonds. The Kier molecular flexibility index (Phi) is 6.99. The van der Waals surface area contributed by atoms with Crippen LogP contribution in [0.1, 0.15) is 37.4 Å². The predicted octanol–water partition coefficient (Wildman–Crippen LogP) is 4.15. The lowest BCUT2D eigenvalue weighted by Gasteiger charge is -2.11. The molecule has 3 aromatic rings. The van der Waals surface area contributed by atoms with Gasteiger partial charge in [-0.2, -0.15) is 0 Å². The normalized spacial score (nSPS) is 11.1. The molecular formula is C21H20ClN3O4S2. The second-order valence-electron chi connectivity index (χ2n) is 6.57. The zero-order valence-electron chi connectivity index (χ0n) is 16.7. The average molecular weight is 478 g/mol. The zero-order valence-corrected chi connectivity index (χ0v) is 19.1. The Morgan fingerprint density at radius 1 is 1.00 bits per heavy atom. The molecule has 162 valence electrons. The number of thiophene rings is 1. The molecular weight excluding hydrogens is 458 g/mol. The van der Waals surface area contributed by atoms with Crippen LogP contribution in [0.3, 0.4) is 0 Å². The number of para-hydroxylation sites is 1. The Morgan fingerprint density at radius 2 is 1.71 bits per heavy atom. The summed E-state index contributed by atoms with van der Waals surface area (Å²) in [6.45, 7) is 3.93. The summed E-state index contributed by atoms with van der Waals surface area (Å²) < 4.78 is 27.7. The Balaban J connectivity index is 1.71. The number of amides is 2. The van der Waals surface area contributed by atoms with Crippen molar-refractivity contribution in [2.45, 2.75) is 25.2 Å². The number of rotatable bonds is 6. The van der Waals surface area contributed by atoms with E-state index < -0.39 is 21.8 Å². The highest BCUT2D eigenvalue weighted by Gasteiger charge is 2.18. The summed E-state index contributed by atoms with van der Waals surface area (Å²) in [5, 5.41) is 0.248. The van der Waals surface area contributed by atoms with Crippen LogP contribution in [0.15, 0.2) is 59.5 Å². The Morgan fingerprint density at radius 3 is 2.39 bits per heavy atom. The number of hydrazine groups is 1. The summed E-state index contributed by atoms with van der Waals surface area (Å²) >= 11 is 7.35. The summed E-state index contributed by atoms with van der Waals surface area (Å²) in [5.74, 6) is -1.09. The second-order valence-corrected chi connectivity index (χ2v) is 9.91. The lowest BCUT2D eigenvalue weighted by molar-refractivity contribution is 0.0848. The van der Waals surface area contributed by atoms with E-state index in [1.165, 1.54) is 41.7 Å². The Hall–Kier alpha value is -2.88. The standard InChI is InChI=1S/C21H20ClN3O4S2/c1-3-14-12-19(30-13(14)2)21(27)24-23-20(26)15-7-6-8-16(11-15)31(28,29)25-18-10-5-4-9-17(18)22/h4-12,25H,3H2,1-2H3,(H,23,26)(H,24,27). The first-order valence-corrected chi connectivity index (χ1v) is 12.0. The van der Waals surface area contributed by atoms with Crippen molar-refractivity contribution in [3.63, 3.8) is 0 Å². The molecule has 0 spiro atoms. The van der Waals surface area contributed by atoms with Crippen molar-refractivity contribution < 1.29 is 18.0 Å². The van der Waals surface area contributed by atoms with Crippen molar-refractivity contribution in [3.05, 3.63) is 80.5 Å². The van der Waals surface area contributed by atoms with Crippen LogP contribution >= 0.6 is 22.9 Å². The van der Waals surface area contributed by atoms with E-state index in [0.29, 0.717) is 4.88 Å². The van der Waals surface area contributed by atoms with Gasteiger partial charge in [0.2, 0.25) is 0 Å². The minimum Gasteiger partial charge on any atom is -0.278 e. The molecule has 1 heterocycles. The van der Waals surface area contributed by atoms with Crippen LogP contribution in [-0.2, 0) is 16.4 Å². The molecule has 0 unspecified atom stereocenters. The predicted molar refractivity (Wildman–Crippen MR) is 122 cm³/mol. The third kappa shape index (κ3) is 5.43. The minimum absolute atomic E-state index is 0.0685. The van der Waals surface area contributed by atoms with Crippen LogP contribution in [-0.4, -0.2) is 20.2 Å². The van der Waals surface area contributed by atoms with Gasteiger partial charge in [0.15, 0.2) is 0 Å². The molecule has 10 heteroatoms. The first-order chi connectivity index (χ1) is 14.7. The first kappa shape index (κ1) is 22.8. The summed E-state index contributed by atoms with van der Waals surface area (Å²) in [4.78, 5) is 26.1. The number of anilines is 1. The minimum atomic E-state index is -3.97. The van der Waals surface area contributed by atoms with Crippen LogP contribution in [0.5, 0.6) is 0 Å². The summed E-state index contributed by atoms with van der Waals surface area (Å²) in [6, 6.07) is 13.7. The van der Waals surface area contributed by atoms with Gasteiger partial charge >= 0.3 is 0 Å². The van der Waals surface area contributed by atoms with E-state index in [1.807, 2.05) is 13.8 Å². The van der Waals surface area contributed by atoms with Crippen LogP contribution < -0.4 is 15.6 Å². The third-order valence-corrected chi connectivity index (χ3v) is 7.22. The highest BCUT2D eigenvalue weighted by atomic mass is 35.5. The lowest BCUT2D eigenvalue weighted by Crippen LogP contribution is -2.41. The molecule has 0 saturated heterocycles. The number of sulfonamides is 1. The smallest absolute Gasteiger partial charge is 0.278 e. The number of halogens is 1. The first-order valence-electron chi connectivity index (χ1n) is 9.28. The number of carbonyl (C=O) groups is 2. The summed E-state index contributed by atoms with van der Waals surface area (Å²) in [7, 11) is -3.97. The van der Waals surface area contributed by atoms with E-state index in [4.69, 9.17) is 11.6 Å². The number of benzene rings is 2. The molecule has 0 fully saturated rings. The molecule has 0 aliphatic heterocycles. The maximum atomic E-state index is 12.7. The summed E-state index contributed by atoms with van der Waals surface area (Å²) in [6.07, 6.45) is 0.811. The maximum absolute atomic E-state index is 12.7. The van der Waals surface area contributed by atoms with Crippen molar-refractivity contribution in [2.75, 3.05) is 4.72 Å². The van der Waals surface area contributed by atoms with E-state index in [0.717, 1.165) is 16.9 Å². The topological polar surface area (TPSA) is 104 Å². The number of aryl methyl sites for hydroxylation is 2. The van der Waals surface area contributed by atoms with E-state index in [9.17, 15) is 18.0 Å². The van der Waals surface area contributed by atoms with E-state index in [1.54, 1.807) is 24.3 Å². The molecule has 7 nitrogen and oxygen atoms in total. The number of nitrogens with one attached hydrogen (secondary N) is 3. The van der Waals surface area contributed by atoms with Gasteiger partial charge < -0.3 is 0 Å². The van der Waals surface area contributed by atoms with Crippen molar-refractivity contribution in [1.82, 2.24) is 10.9 Å². The van der Waals surface area contributed by atoms with E-state index in [-0.39, 0.29) is 21.2 Å². The van der Waals surface area contributed by atoms with Gasteiger partial charge in [-0.05, 0) is 55.3 Å². The highest BCUT2D eigenvalue weighted by Crippen LogP contribution is 2.24. The average Bonchev–Trinajstić information content (AvgIpc) is 3.14. The Labute approximate surface area is 189 Å². The van der Waals surface area contributed by atoms with E-state index >= 15 is 0 Å². The molecule has 0 bridgehead atoms. The van der Waals surface area contributed by atoms with Gasteiger partial charge in [-0.15, -0.1) is 11.3 Å². The van der Waals surface area contributed by atoms with Crippen molar-refractivity contribution in [2.24, 2.45) is 0 Å². The SMILES string of the molecule is CCc1cc(C(=O)NNC(=O)c2cccc(S(=O)(=O)Nc3ccccc3Cl)c2)sc1C. The maximum Gasteiger partial charge on any atom is 0.279 e. The van der Waals surface area contributed by atoms with Gasteiger partial charge in [0.25, 0.3) is 21.8 Å². The van der Waals surface area contributed by atoms with Crippen LogP contribution in [0.25, 0.3) is 0 Å². The fourth-order valence-corrected chi connectivity index (χ4v) is 5.16. The van der Waals surface area contributed by atoms with Gasteiger partial charge in [0.05, 0.1) is 20.5 Å². The Bertz CT molecular complexity index is 1240. The fourth-order valence-electron chi connectivity index (χ4n) is 2.78. The van der Waals surface area contributed by atoms with Gasteiger partial charge in [-0.1, -0.05) is 36.7 Å². The number of hydrogen-bond donors (Lipinski definition) is 3. The molecule has 0 radical (unpaired) electrons. The molecule has 3 rings (SSSR count). The quantitative estimate of drug-likeness (QED) is 0.464. The monoisotopic (exact) mass is 477 g/mol. The molecule has 31 heavy (non-hydrogen) atoms. The van der Waals surface area contributed by atoms with Crippen LogP contribution in [0, 0.1) is 6.92 Å². The van der Waals surface area contributed by atoms with Crippen molar-refractivity contribution in [1.29, 1.82) is 0 Å².